The zero-order valence-electron chi connectivity index (χ0n) is 17.2. The molecular weight excluding hydrogens is 392 g/mol. The molecule has 7 nitrogen and oxygen atoms in total. The lowest BCUT2D eigenvalue weighted by Crippen LogP contribution is -2.40. The average molecular weight is 421 g/mol. The molecule has 2 heterocycles. The molecule has 0 unspecified atom stereocenters. The number of sulfonamides is 1. The molecule has 8 heteroatoms. The van der Waals surface area contributed by atoms with Gasteiger partial charge in [0.15, 0.2) is 11.3 Å². The summed E-state index contributed by atoms with van der Waals surface area (Å²) in [7, 11) is -3.77. The highest BCUT2D eigenvalue weighted by molar-refractivity contribution is 7.89. The van der Waals surface area contributed by atoms with Crippen molar-refractivity contribution in [2.45, 2.75) is 57.4 Å². The normalized spacial score (nSPS) is 18.7. The van der Waals surface area contributed by atoms with Crippen molar-refractivity contribution >= 4 is 26.9 Å². The van der Waals surface area contributed by atoms with Crippen molar-refractivity contribution in [2.75, 3.05) is 26.3 Å². The SMILES string of the molecule is Cc1cc2c(C)c(C(=O)N3CCOCC3)oc2c(S(=O)(=O)NC2CCCC2)c1C. The van der Waals surface area contributed by atoms with Crippen molar-refractivity contribution in [3.63, 3.8) is 0 Å². The van der Waals surface area contributed by atoms with Crippen molar-refractivity contribution in [3.05, 3.63) is 28.5 Å². The number of hydrogen-bond donors (Lipinski definition) is 1. The predicted molar refractivity (Wildman–Crippen MR) is 110 cm³/mol. The fourth-order valence-corrected chi connectivity index (χ4v) is 6.05. The molecule has 2 aromatic rings. The Morgan fingerprint density at radius 3 is 2.41 bits per heavy atom. The number of nitrogens with zero attached hydrogens (tertiary/aromatic N) is 1. The second-order valence-electron chi connectivity index (χ2n) is 8.09. The maximum Gasteiger partial charge on any atom is 0.290 e. The Bertz CT molecular complexity index is 1040. The molecule has 1 amide bonds. The fourth-order valence-electron chi connectivity index (χ4n) is 4.30. The first kappa shape index (κ1) is 20.4. The average Bonchev–Trinajstić information content (AvgIpc) is 3.30. The van der Waals surface area contributed by atoms with Gasteiger partial charge in [0.1, 0.15) is 4.90 Å². The molecule has 1 aromatic carbocycles. The van der Waals surface area contributed by atoms with Crippen LogP contribution >= 0.6 is 0 Å². The summed E-state index contributed by atoms with van der Waals surface area (Å²) in [4.78, 5) is 14.9. The Morgan fingerprint density at radius 1 is 1.10 bits per heavy atom. The number of fused-ring (bicyclic) bond motifs is 1. The number of nitrogens with one attached hydrogen (secondary N) is 1. The van der Waals surface area contributed by atoms with Crippen LogP contribution in [0.2, 0.25) is 0 Å². The molecule has 1 saturated carbocycles. The van der Waals surface area contributed by atoms with E-state index in [9.17, 15) is 13.2 Å². The largest absolute Gasteiger partial charge is 0.449 e. The van der Waals surface area contributed by atoms with E-state index >= 15 is 0 Å². The van der Waals surface area contributed by atoms with E-state index < -0.39 is 10.0 Å². The minimum atomic E-state index is -3.77. The molecule has 158 valence electrons. The number of furan rings is 1. The molecule has 0 spiro atoms. The van der Waals surface area contributed by atoms with Crippen LogP contribution in [0.5, 0.6) is 0 Å². The monoisotopic (exact) mass is 420 g/mol. The van der Waals surface area contributed by atoms with Crippen LogP contribution in [0, 0.1) is 20.8 Å². The fraction of sp³-hybridized carbons (Fsp3) is 0.571. The highest BCUT2D eigenvalue weighted by Crippen LogP contribution is 2.35. The van der Waals surface area contributed by atoms with Crippen LogP contribution in [0.1, 0.15) is 52.9 Å². The summed E-state index contributed by atoms with van der Waals surface area (Å²) in [5, 5.41) is 0.677. The molecule has 0 atom stereocenters. The molecule has 1 aromatic heterocycles. The number of amides is 1. The number of carbonyl (C=O) groups is 1. The number of ether oxygens (including phenoxy) is 1. The molecule has 1 aliphatic carbocycles. The zero-order chi connectivity index (χ0) is 20.8. The molecule has 0 radical (unpaired) electrons. The summed E-state index contributed by atoms with van der Waals surface area (Å²) < 4.78 is 40.7. The Hall–Kier alpha value is -1.90. The Morgan fingerprint density at radius 2 is 1.76 bits per heavy atom. The van der Waals surface area contributed by atoms with Crippen LogP contribution in [0.25, 0.3) is 11.0 Å². The highest BCUT2D eigenvalue weighted by Gasteiger charge is 2.31. The Labute approximate surface area is 171 Å². The maximum atomic E-state index is 13.3. The number of rotatable bonds is 4. The van der Waals surface area contributed by atoms with E-state index in [1.54, 1.807) is 11.8 Å². The van der Waals surface area contributed by atoms with Crippen LogP contribution < -0.4 is 4.72 Å². The van der Waals surface area contributed by atoms with Crippen molar-refractivity contribution < 1.29 is 22.4 Å². The van der Waals surface area contributed by atoms with E-state index in [-0.39, 0.29) is 28.2 Å². The smallest absolute Gasteiger partial charge is 0.290 e. The van der Waals surface area contributed by atoms with Crippen molar-refractivity contribution in [1.29, 1.82) is 0 Å². The molecule has 2 fully saturated rings. The van der Waals surface area contributed by atoms with E-state index in [0.29, 0.717) is 42.8 Å². The maximum absolute atomic E-state index is 13.3. The van der Waals surface area contributed by atoms with Gasteiger partial charge in [0.25, 0.3) is 5.91 Å². The van der Waals surface area contributed by atoms with Crippen molar-refractivity contribution in [1.82, 2.24) is 9.62 Å². The Balaban J connectivity index is 1.82. The van der Waals surface area contributed by atoms with Crippen LogP contribution in [0.15, 0.2) is 15.4 Å². The number of carbonyl (C=O) groups excluding carboxylic acids is 1. The summed E-state index contributed by atoms with van der Waals surface area (Å²) in [5.74, 6) is -0.00591. The standard InChI is InChI=1S/C21H28N2O5S/c1-13-12-17-15(3)18(21(24)23-8-10-27-11-9-23)28-19(17)20(14(13)2)29(25,26)22-16-6-4-5-7-16/h12,16,22H,4-11H2,1-3H3. The summed E-state index contributed by atoms with van der Waals surface area (Å²) >= 11 is 0. The quantitative estimate of drug-likeness (QED) is 0.821. The number of morpholine rings is 1. The molecule has 0 bridgehead atoms. The lowest BCUT2D eigenvalue weighted by Gasteiger charge is -2.26. The minimum Gasteiger partial charge on any atom is -0.449 e. The third-order valence-electron chi connectivity index (χ3n) is 6.13. The second-order valence-corrected chi connectivity index (χ2v) is 9.74. The lowest BCUT2D eigenvalue weighted by atomic mass is 10.0. The molecule has 1 aliphatic heterocycles. The predicted octanol–water partition coefficient (Wildman–Crippen LogP) is 3.05. The van der Waals surface area contributed by atoms with E-state index in [1.807, 2.05) is 19.9 Å². The van der Waals surface area contributed by atoms with Gasteiger partial charge in [-0.05, 0) is 50.8 Å². The van der Waals surface area contributed by atoms with E-state index in [2.05, 4.69) is 4.72 Å². The van der Waals surface area contributed by atoms with Gasteiger partial charge in [0, 0.05) is 30.1 Å². The third-order valence-corrected chi connectivity index (χ3v) is 7.80. The van der Waals surface area contributed by atoms with Gasteiger partial charge < -0.3 is 14.1 Å². The summed E-state index contributed by atoms with van der Waals surface area (Å²) in [6.07, 6.45) is 3.78. The molecule has 1 N–H and O–H groups in total. The van der Waals surface area contributed by atoms with Crippen molar-refractivity contribution in [2.24, 2.45) is 0 Å². The van der Waals surface area contributed by atoms with Crippen LogP contribution in [0.4, 0.5) is 0 Å². The summed E-state index contributed by atoms with van der Waals surface area (Å²) in [5.41, 5.74) is 2.46. The number of hydrogen-bond acceptors (Lipinski definition) is 5. The van der Waals surface area contributed by atoms with Crippen LogP contribution in [-0.4, -0.2) is 51.6 Å². The van der Waals surface area contributed by atoms with Gasteiger partial charge in [-0.25, -0.2) is 13.1 Å². The highest BCUT2D eigenvalue weighted by atomic mass is 32.2. The molecule has 29 heavy (non-hydrogen) atoms. The topological polar surface area (TPSA) is 88.9 Å². The first-order chi connectivity index (χ1) is 13.8. The first-order valence-corrected chi connectivity index (χ1v) is 11.7. The summed E-state index contributed by atoms with van der Waals surface area (Å²) in [6, 6.07) is 1.87. The van der Waals surface area contributed by atoms with Gasteiger partial charge in [0.2, 0.25) is 10.0 Å². The van der Waals surface area contributed by atoms with Crippen LogP contribution in [-0.2, 0) is 14.8 Å². The van der Waals surface area contributed by atoms with Crippen LogP contribution in [0.3, 0.4) is 0 Å². The van der Waals surface area contributed by atoms with Gasteiger partial charge in [0.05, 0.1) is 13.2 Å². The minimum absolute atomic E-state index is 0.0412. The van der Waals surface area contributed by atoms with E-state index in [0.717, 1.165) is 31.2 Å². The van der Waals surface area contributed by atoms with E-state index in [4.69, 9.17) is 9.15 Å². The first-order valence-electron chi connectivity index (χ1n) is 10.2. The van der Waals surface area contributed by atoms with Gasteiger partial charge in [-0.15, -0.1) is 0 Å². The van der Waals surface area contributed by atoms with E-state index in [1.165, 1.54) is 0 Å². The van der Waals surface area contributed by atoms with Gasteiger partial charge in [-0.2, -0.15) is 0 Å². The third kappa shape index (κ3) is 3.69. The molecule has 1 saturated heterocycles. The van der Waals surface area contributed by atoms with Gasteiger partial charge in [-0.1, -0.05) is 12.8 Å². The molecular formula is C21H28N2O5S. The number of benzene rings is 1. The van der Waals surface area contributed by atoms with Gasteiger partial charge in [-0.3, -0.25) is 4.79 Å². The molecule has 4 rings (SSSR count). The van der Waals surface area contributed by atoms with Gasteiger partial charge >= 0.3 is 0 Å². The molecule has 2 aliphatic rings. The zero-order valence-corrected chi connectivity index (χ0v) is 18.0. The second kappa shape index (κ2) is 7.74. The Kier molecular flexibility index (Phi) is 5.44. The van der Waals surface area contributed by atoms with Crippen molar-refractivity contribution in [3.8, 4) is 0 Å². The summed E-state index contributed by atoms with van der Waals surface area (Å²) in [6.45, 7) is 7.49. The lowest BCUT2D eigenvalue weighted by molar-refractivity contribution is 0.0283. The number of aryl methyl sites for hydroxylation is 2.